The van der Waals surface area contributed by atoms with E-state index in [1.54, 1.807) is 13.8 Å². The molecule has 3 heteroatoms. The summed E-state index contributed by atoms with van der Waals surface area (Å²) < 4.78 is 0. The lowest BCUT2D eigenvalue weighted by atomic mass is 9.78. The number of amides is 1. The highest BCUT2D eigenvalue weighted by molar-refractivity contribution is 5.99. The second-order valence-corrected chi connectivity index (χ2v) is 6.55. The third kappa shape index (κ3) is 2.26. The summed E-state index contributed by atoms with van der Waals surface area (Å²) in [5.41, 5.74) is 3.58. The molecule has 0 aliphatic carbocycles. The van der Waals surface area contributed by atoms with Crippen LogP contribution >= 0.6 is 0 Å². The van der Waals surface area contributed by atoms with Crippen LogP contribution in [0, 0.1) is 6.92 Å². The van der Waals surface area contributed by atoms with Crippen LogP contribution in [0.3, 0.4) is 0 Å². The topological polar surface area (TPSA) is 37.4 Å². The fourth-order valence-corrected chi connectivity index (χ4v) is 3.55. The number of carbonyl (C=O) groups is 2. The van der Waals surface area contributed by atoms with E-state index in [0.717, 1.165) is 28.8 Å². The Balaban J connectivity index is 2.70. The van der Waals surface area contributed by atoms with Crippen molar-refractivity contribution in [2.24, 2.45) is 0 Å². The number of fused-ring (bicyclic) bond motifs is 1. The second-order valence-electron chi connectivity index (χ2n) is 6.55. The smallest absolute Gasteiger partial charge is 0.224 e. The minimum atomic E-state index is -0.192. The van der Waals surface area contributed by atoms with Crippen LogP contribution < -0.4 is 4.90 Å². The lowest BCUT2D eigenvalue weighted by Gasteiger charge is -2.46. The summed E-state index contributed by atoms with van der Waals surface area (Å²) in [4.78, 5) is 25.7. The van der Waals surface area contributed by atoms with Crippen molar-refractivity contribution in [2.45, 2.75) is 59.4 Å². The van der Waals surface area contributed by atoms with Crippen LogP contribution in [0.25, 0.3) is 0 Å². The Morgan fingerprint density at radius 2 is 1.85 bits per heavy atom. The molecule has 1 atom stereocenters. The van der Waals surface area contributed by atoms with Crippen LogP contribution in [0.4, 0.5) is 5.69 Å². The first-order valence-electron chi connectivity index (χ1n) is 7.11. The molecule has 0 fully saturated rings. The average molecular weight is 273 g/mol. The van der Waals surface area contributed by atoms with Gasteiger partial charge in [0.25, 0.3) is 0 Å². The zero-order valence-corrected chi connectivity index (χ0v) is 13.2. The number of carbonyl (C=O) groups excluding carboxylic acids is 2. The van der Waals surface area contributed by atoms with E-state index >= 15 is 0 Å². The quantitative estimate of drug-likeness (QED) is 0.729. The highest BCUT2D eigenvalue weighted by Crippen LogP contribution is 2.44. The molecule has 0 saturated carbocycles. The van der Waals surface area contributed by atoms with Crippen molar-refractivity contribution in [1.29, 1.82) is 0 Å². The maximum atomic E-state index is 12.1. The lowest BCUT2D eigenvalue weighted by Crippen LogP contribution is -2.50. The summed E-state index contributed by atoms with van der Waals surface area (Å²) in [6.07, 6.45) is 0.903. The molecule has 0 N–H and O–H groups in total. The van der Waals surface area contributed by atoms with Crippen molar-refractivity contribution in [3.05, 3.63) is 28.8 Å². The van der Waals surface area contributed by atoms with Gasteiger partial charge in [-0.25, -0.2) is 0 Å². The molecule has 0 bridgehead atoms. The number of hydrogen-bond donors (Lipinski definition) is 0. The third-order valence-electron chi connectivity index (χ3n) is 4.25. The minimum absolute atomic E-state index is 0.0538. The van der Waals surface area contributed by atoms with Crippen molar-refractivity contribution in [2.75, 3.05) is 4.90 Å². The van der Waals surface area contributed by atoms with Crippen LogP contribution in [-0.4, -0.2) is 17.2 Å². The van der Waals surface area contributed by atoms with E-state index in [1.165, 1.54) is 0 Å². The van der Waals surface area contributed by atoms with E-state index in [4.69, 9.17) is 0 Å². The van der Waals surface area contributed by atoms with E-state index in [-0.39, 0.29) is 17.2 Å². The van der Waals surface area contributed by atoms with Gasteiger partial charge in [-0.1, -0.05) is 6.92 Å². The molecule has 0 spiro atoms. The number of anilines is 1. The highest BCUT2D eigenvalue weighted by Gasteiger charge is 2.39. The van der Waals surface area contributed by atoms with Crippen molar-refractivity contribution in [3.63, 3.8) is 0 Å². The third-order valence-corrected chi connectivity index (χ3v) is 4.25. The van der Waals surface area contributed by atoms with Crippen molar-refractivity contribution in [1.82, 2.24) is 0 Å². The number of hydrogen-bond acceptors (Lipinski definition) is 2. The molecular formula is C17H23NO2. The van der Waals surface area contributed by atoms with Gasteiger partial charge in [0, 0.05) is 23.7 Å². The van der Waals surface area contributed by atoms with Crippen LogP contribution in [0.5, 0.6) is 0 Å². The maximum absolute atomic E-state index is 12.1. The Hall–Kier alpha value is -1.64. The van der Waals surface area contributed by atoms with Gasteiger partial charge in [0.15, 0.2) is 5.78 Å². The van der Waals surface area contributed by atoms with Crippen molar-refractivity contribution < 1.29 is 9.59 Å². The van der Waals surface area contributed by atoms with Gasteiger partial charge in [0.1, 0.15) is 0 Å². The fourth-order valence-electron chi connectivity index (χ4n) is 3.55. The Kier molecular flexibility index (Phi) is 3.49. The zero-order chi connectivity index (χ0) is 15.2. The highest BCUT2D eigenvalue weighted by atomic mass is 16.2. The molecule has 1 aromatic carbocycles. The van der Waals surface area contributed by atoms with Gasteiger partial charge in [-0.15, -0.1) is 0 Å². The molecule has 20 heavy (non-hydrogen) atoms. The summed E-state index contributed by atoms with van der Waals surface area (Å²) in [6.45, 7) is 11.5. The van der Waals surface area contributed by atoms with Crippen molar-refractivity contribution in [3.8, 4) is 0 Å². The molecule has 0 aromatic heterocycles. The molecule has 1 aliphatic heterocycles. The monoisotopic (exact) mass is 273 g/mol. The van der Waals surface area contributed by atoms with Gasteiger partial charge in [-0.3, -0.25) is 9.59 Å². The normalized spacial score (nSPS) is 20.5. The van der Waals surface area contributed by atoms with Crippen LogP contribution in [0.2, 0.25) is 0 Å². The molecular weight excluding hydrogens is 250 g/mol. The van der Waals surface area contributed by atoms with Crippen LogP contribution in [-0.2, 0) is 4.79 Å². The number of Topliss-reactive ketones (excluding diaryl/α,β-unsaturated/α-hetero) is 1. The molecule has 1 heterocycles. The fraction of sp³-hybridized carbons (Fsp3) is 0.529. The Morgan fingerprint density at radius 3 is 2.35 bits per heavy atom. The lowest BCUT2D eigenvalue weighted by molar-refractivity contribution is -0.117. The van der Waals surface area contributed by atoms with Gasteiger partial charge >= 0.3 is 0 Å². The van der Waals surface area contributed by atoms with E-state index in [0.29, 0.717) is 5.92 Å². The largest absolute Gasteiger partial charge is 0.307 e. The van der Waals surface area contributed by atoms with Crippen LogP contribution in [0.15, 0.2) is 12.1 Å². The van der Waals surface area contributed by atoms with E-state index in [9.17, 15) is 9.59 Å². The maximum Gasteiger partial charge on any atom is 0.224 e. The molecule has 1 amide bonds. The van der Waals surface area contributed by atoms with E-state index < -0.39 is 0 Å². The van der Waals surface area contributed by atoms with Crippen LogP contribution in [0.1, 0.15) is 68.4 Å². The van der Waals surface area contributed by atoms with Gasteiger partial charge in [-0.05, 0) is 63.3 Å². The first-order chi connectivity index (χ1) is 9.15. The summed E-state index contributed by atoms with van der Waals surface area (Å²) in [6, 6.07) is 3.97. The Labute approximate surface area is 121 Å². The zero-order valence-electron chi connectivity index (χ0n) is 13.2. The Bertz CT molecular complexity index is 587. The summed E-state index contributed by atoms with van der Waals surface area (Å²) in [7, 11) is 0. The number of ketones is 1. The molecule has 1 aliphatic rings. The van der Waals surface area contributed by atoms with Crippen molar-refractivity contribution >= 4 is 17.4 Å². The minimum Gasteiger partial charge on any atom is -0.307 e. The second kappa shape index (κ2) is 4.72. The standard InChI is InChI=1S/C17H23NO2/c1-10-7-16-15(8-14(10)12(3)19)11(2)9-17(5,6)18(16)13(4)20/h7-8,11H,9H2,1-6H3. The summed E-state index contributed by atoms with van der Waals surface area (Å²) in [5.74, 6) is 0.476. The first-order valence-corrected chi connectivity index (χ1v) is 7.11. The van der Waals surface area contributed by atoms with Gasteiger partial charge in [0.2, 0.25) is 5.91 Å². The van der Waals surface area contributed by atoms with Gasteiger partial charge in [-0.2, -0.15) is 0 Å². The molecule has 0 saturated heterocycles. The molecule has 2 rings (SSSR count). The van der Waals surface area contributed by atoms with Gasteiger partial charge < -0.3 is 4.90 Å². The number of nitrogens with zero attached hydrogens (tertiary/aromatic N) is 1. The number of benzene rings is 1. The predicted octanol–water partition coefficient (Wildman–Crippen LogP) is 3.84. The van der Waals surface area contributed by atoms with E-state index in [1.807, 2.05) is 24.0 Å². The molecule has 3 nitrogen and oxygen atoms in total. The molecule has 108 valence electrons. The Morgan fingerprint density at radius 1 is 1.25 bits per heavy atom. The molecule has 1 aromatic rings. The first kappa shape index (κ1) is 14.8. The summed E-state index contributed by atoms with van der Waals surface area (Å²) >= 11 is 0. The number of aryl methyl sites for hydroxylation is 1. The molecule has 1 unspecified atom stereocenters. The van der Waals surface area contributed by atoms with Gasteiger partial charge in [0.05, 0.1) is 0 Å². The molecule has 0 radical (unpaired) electrons. The summed E-state index contributed by atoms with van der Waals surface area (Å²) in [5, 5.41) is 0. The SMILES string of the molecule is CC(=O)c1cc2c(cc1C)N(C(C)=O)C(C)(C)CC2C. The average Bonchev–Trinajstić information content (AvgIpc) is 2.25. The van der Waals surface area contributed by atoms with E-state index in [2.05, 4.69) is 20.8 Å². The predicted molar refractivity (Wildman–Crippen MR) is 81.5 cm³/mol. The number of rotatable bonds is 1.